The molecule has 1 saturated heterocycles. The monoisotopic (exact) mass is 774 g/mol. The lowest BCUT2D eigenvalue weighted by atomic mass is 10.2. The lowest BCUT2D eigenvalue weighted by Crippen LogP contribution is -2.50. The molecule has 4 amide bonds. The number of sulfonamides is 1. The number of carbonyl (C=O) groups is 5. The molecular weight excluding hydrogens is 724 g/mol. The van der Waals surface area contributed by atoms with Gasteiger partial charge in [0.2, 0.25) is 21.9 Å². The maximum atomic E-state index is 13.4. The number of alkyl carbamates (subject to hydrolysis) is 2. The van der Waals surface area contributed by atoms with Gasteiger partial charge in [0, 0.05) is 19.6 Å². The maximum absolute atomic E-state index is 13.4. The Bertz CT molecular complexity index is 1630. The van der Waals surface area contributed by atoms with E-state index in [4.69, 9.17) is 18.9 Å². The number of hydrogen-bond acceptors (Lipinski definition) is 12. The first kappa shape index (κ1) is 43.2. The molecule has 3 rings (SSSR count). The number of amides is 4. The van der Waals surface area contributed by atoms with Gasteiger partial charge in [0.15, 0.2) is 0 Å². The van der Waals surface area contributed by atoms with Crippen LogP contribution in [0.15, 0.2) is 65.7 Å². The molecule has 1 fully saturated rings. The Morgan fingerprint density at radius 3 is 2.00 bits per heavy atom. The number of esters is 1. The van der Waals surface area contributed by atoms with Crippen LogP contribution in [0.25, 0.3) is 0 Å². The van der Waals surface area contributed by atoms with Gasteiger partial charge >= 0.3 is 24.2 Å². The molecule has 4 N–H and O–H groups in total. The van der Waals surface area contributed by atoms with Crippen LogP contribution in [0.1, 0.15) is 64.5 Å². The molecule has 0 aliphatic carbocycles. The molecule has 18 heteroatoms. The van der Waals surface area contributed by atoms with E-state index in [1.54, 1.807) is 76.2 Å². The molecule has 0 spiro atoms. The van der Waals surface area contributed by atoms with E-state index >= 15 is 0 Å². The summed E-state index contributed by atoms with van der Waals surface area (Å²) in [5.74, 6) is -1.64. The highest BCUT2D eigenvalue weighted by Gasteiger charge is 2.37. The number of benzene rings is 2. The molecule has 54 heavy (non-hydrogen) atoms. The van der Waals surface area contributed by atoms with Gasteiger partial charge in [-0.2, -0.15) is 0 Å². The summed E-state index contributed by atoms with van der Waals surface area (Å²) in [5, 5.41) is 6.14. The number of rotatable bonds is 16. The van der Waals surface area contributed by atoms with Crippen LogP contribution in [0.3, 0.4) is 0 Å². The van der Waals surface area contributed by atoms with E-state index in [1.807, 2.05) is 12.1 Å². The summed E-state index contributed by atoms with van der Waals surface area (Å²) in [7, 11) is -4.21. The summed E-state index contributed by atoms with van der Waals surface area (Å²) in [6, 6.07) is 17.0. The van der Waals surface area contributed by atoms with Crippen LogP contribution < -0.4 is 20.7 Å². The molecule has 0 radical (unpaired) electrons. The third-order valence-electron chi connectivity index (χ3n) is 7.67. The van der Waals surface area contributed by atoms with Crippen molar-refractivity contribution in [3.63, 3.8) is 0 Å². The summed E-state index contributed by atoms with van der Waals surface area (Å²) < 4.78 is 49.7. The number of ether oxygens (including phenoxy) is 4. The van der Waals surface area contributed by atoms with Crippen molar-refractivity contribution >= 4 is 46.1 Å². The highest BCUT2D eigenvalue weighted by atomic mass is 32.2. The van der Waals surface area contributed by atoms with Crippen molar-refractivity contribution in [1.29, 1.82) is 0 Å². The molecule has 1 aliphatic rings. The first-order valence-electron chi connectivity index (χ1n) is 17.6. The highest BCUT2D eigenvalue weighted by Crippen LogP contribution is 2.21. The lowest BCUT2D eigenvalue weighted by molar-refractivity contribution is -0.141. The van der Waals surface area contributed by atoms with Gasteiger partial charge in [0.05, 0.1) is 11.9 Å². The summed E-state index contributed by atoms with van der Waals surface area (Å²) in [5.41, 5.74) is 0.675. The van der Waals surface area contributed by atoms with E-state index in [-0.39, 0.29) is 51.7 Å². The van der Waals surface area contributed by atoms with Gasteiger partial charge < -0.3 is 24.3 Å². The molecule has 0 bridgehead atoms. The number of hydrogen-bond donors (Lipinski definition) is 4. The standard InChI is InChI=1S/C36H50N6O11S/c1-5-50-30(43)23-39-54(48,49)28(22-38-31(44)29-19-13-21-42(29)35(47)53-36(2,3)4)18-12-20-37-32(40-33(45)51-24-26-14-8-6-9-15-26)41-34(46)52-25-27-16-10-7-11-17-27/h6-11,14-17,28-29,39H,5,12-13,18-25H2,1-4H3,(H,38,44)(H2,37,40,41,45,46)/t28?,29-/m0/s1. The van der Waals surface area contributed by atoms with Gasteiger partial charge in [-0.25, -0.2) is 27.5 Å². The molecule has 2 aromatic carbocycles. The van der Waals surface area contributed by atoms with Crippen LogP contribution in [-0.2, 0) is 51.8 Å². The van der Waals surface area contributed by atoms with Crippen LogP contribution >= 0.6 is 0 Å². The lowest BCUT2D eigenvalue weighted by Gasteiger charge is -2.28. The van der Waals surface area contributed by atoms with Crippen LogP contribution in [0, 0.1) is 0 Å². The summed E-state index contributed by atoms with van der Waals surface area (Å²) in [6.45, 7) is 5.88. The molecule has 296 valence electrons. The first-order chi connectivity index (χ1) is 25.7. The average molecular weight is 775 g/mol. The molecule has 17 nitrogen and oxygen atoms in total. The minimum atomic E-state index is -4.21. The van der Waals surface area contributed by atoms with Crippen LogP contribution in [0.2, 0.25) is 0 Å². The average Bonchev–Trinajstić information content (AvgIpc) is 3.63. The second kappa shape index (κ2) is 21.5. The van der Waals surface area contributed by atoms with Crippen molar-refractivity contribution in [1.82, 2.24) is 25.6 Å². The second-order valence-electron chi connectivity index (χ2n) is 13.1. The fourth-order valence-electron chi connectivity index (χ4n) is 5.10. The Kier molecular flexibility index (Phi) is 17.2. The van der Waals surface area contributed by atoms with Gasteiger partial charge in [0.1, 0.15) is 31.4 Å². The third-order valence-corrected chi connectivity index (χ3v) is 9.50. The molecule has 0 saturated carbocycles. The first-order valence-corrected chi connectivity index (χ1v) is 19.1. The SMILES string of the molecule is CCOC(=O)CNS(=O)(=O)C(CCCN=C(NC(=O)OCc1ccccc1)NC(=O)OCc1ccccc1)CNC(=O)[C@@H]1CCCN1C(=O)OC(C)(C)C. The number of guanidine groups is 1. The Morgan fingerprint density at radius 1 is 0.889 bits per heavy atom. The van der Waals surface area contributed by atoms with Crippen molar-refractivity contribution < 1.29 is 51.3 Å². The van der Waals surface area contributed by atoms with Crippen molar-refractivity contribution in [2.75, 3.05) is 32.8 Å². The number of carbonyl (C=O) groups excluding carboxylic acids is 5. The zero-order valence-electron chi connectivity index (χ0n) is 31.0. The van der Waals surface area contributed by atoms with Crippen molar-refractivity contribution in [2.45, 2.75) is 83.5 Å². The van der Waals surface area contributed by atoms with Crippen molar-refractivity contribution in [3.8, 4) is 0 Å². The minimum absolute atomic E-state index is 0.0532. The highest BCUT2D eigenvalue weighted by molar-refractivity contribution is 7.90. The van der Waals surface area contributed by atoms with Crippen LogP contribution in [0.5, 0.6) is 0 Å². The van der Waals surface area contributed by atoms with Crippen LogP contribution in [-0.4, -0.2) is 99.1 Å². The third kappa shape index (κ3) is 15.8. The number of likely N-dealkylation sites (tertiary alicyclic amines) is 1. The molecule has 2 aromatic rings. The fourth-order valence-corrected chi connectivity index (χ4v) is 6.43. The molecule has 1 unspecified atom stereocenters. The Morgan fingerprint density at radius 2 is 1.46 bits per heavy atom. The van der Waals surface area contributed by atoms with E-state index in [9.17, 15) is 32.4 Å². The van der Waals surface area contributed by atoms with Crippen molar-refractivity contribution in [2.24, 2.45) is 4.99 Å². The quantitative estimate of drug-likeness (QED) is 0.0637. The molecule has 1 aliphatic heterocycles. The largest absolute Gasteiger partial charge is 0.465 e. The van der Waals surface area contributed by atoms with Gasteiger partial charge in [0.25, 0.3) is 0 Å². The van der Waals surface area contributed by atoms with E-state index in [2.05, 4.69) is 25.7 Å². The normalized spacial score (nSPS) is 14.6. The topological polar surface area (TPSA) is 220 Å². The molecule has 1 heterocycles. The maximum Gasteiger partial charge on any atom is 0.414 e. The second-order valence-corrected chi connectivity index (χ2v) is 15.2. The summed E-state index contributed by atoms with van der Waals surface area (Å²) in [4.78, 5) is 68.7. The Labute approximate surface area is 315 Å². The Balaban J connectivity index is 1.69. The number of nitrogens with one attached hydrogen (secondary N) is 4. The zero-order valence-corrected chi connectivity index (χ0v) is 31.8. The number of aliphatic imine (C=N–C) groups is 1. The minimum Gasteiger partial charge on any atom is -0.465 e. The summed E-state index contributed by atoms with van der Waals surface area (Å²) in [6.07, 6.45) is -1.56. The van der Waals surface area contributed by atoms with Gasteiger partial charge in [-0.1, -0.05) is 60.7 Å². The Hall–Kier alpha value is -5.23. The molecule has 2 atom stereocenters. The van der Waals surface area contributed by atoms with E-state index < -0.39 is 63.6 Å². The van der Waals surface area contributed by atoms with E-state index in [0.717, 1.165) is 11.1 Å². The molecule has 0 aromatic heterocycles. The van der Waals surface area contributed by atoms with E-state index in [0.29, 0.717) is 19.4 Å². The fraction of sp³-hybridized carbons (Fsp3) is 0.500. The predicted octanol–water partition coefficient (Wildman–Crippen LogP) is 3.34. The summed E-state index contributed by atoms with van der Waals surface area (Å²) >= 11 is 0. The predicted molar refractivity (Wildman–Crippen MR) is 197 cm³/mol. The molecular formula is C36H50N6O11S. The zero-order chi connectivity index (χ0) is 39.6. The van der Waals surface area contributed by atoms with Gasteiger partial charge in [-0.15, -0.1) is 0 Å². The van der Waals surface area contributed by atoms with Crippen LogP contribution in [0.4, 0.5) is 14.4 Å². The van der Waals surface area contributed by atoms with E-state index in [1.165, 1.54) is 4.90 Å². The van der Waals surface area contributed by atoms with Gasteiger partial charge in [-0.3, -0.25) is 30.1 Å². The van der Waals surface area contributed by atoms with Crippen molar-refractivity contribution in [3.05, 3.63) is 71.8 Å². The number of nitrogens with zero attached hydrogens (tertiary/aromatic N) is 2. The van der Waals surface area contributed by atoms with Gasteiger partial charge in [-0.05, 0) is 64.5 Å². The smallest absolute Gasteiger partial charge is 0.414 e.